The van der Waals surface area contributed by atoms with Crippen molar-refractivity contribution in [1.29, 1.82) is 0 Å². The van der Waals surface area contributed by atoms with Gasteiger partial charge in [0, 0.05) is 6.04 Å². The lowest BCUT2D eigenvalue weighted by Crippen LogP contribution is -2.41. The molecule has 72 valence electrons. The highest BCUT2D eigenvalue weighted by molar-refractivity contribution is 4.94. The van der Waals surface area contributed by atoms with Crippen LogP contribution in [0.15, 0.2) is 12.2 Å². The molecule has 0 aliphatic rings. The quantitative estimate of drug-likeness (QED) is 0.376. The zero-order valence-electron chi connectivity index (χ0n) is 8.72. The highest BCUT2D eigenvalue weighted by Gasteiger charge is 2.18. The first-order chi connectivity index (χ1) is 5.49. The molecule has 0 aromatic carbocycles. The Morgan fingerprint density at radius 3 is 2.17 bits per heavy atom. The molecule has 2 atom stereocenters. The van der Waals surface area contributed by atoms with E-state index in [4.69, 9.17) is 5.84 Å². The van der Waals surface area contributed by atoms with Crippen LogP contribution in [-0.4, -0.2) is 6.04 Å². The summed E-state index contributed by atoms with van der Waals surface area (Å²) in [5.41, 5.74) is 4.04. The molecule has 0 amide bonds. The lowest BCUT2D eigenvalue weighted by Gasteiger charge is -2.26. The van der Waals surface area contributed by atoms with Gasteiger partial charge in [0.1, 0.15) is 0 Å². The Kier molecular flexibility index (Phi) is 5.18. The fourth-order valence-electron chi connectivity index (χ4n) is 1.24. The second kappa shape index (κ2) is 5.33. The molecule has 0 saturated heterocycles. The Bertz CT molecular complexity index is 141. The van der Waals surface area contributed by atoms with E-state index in [0.29, 0.717) is 17.9 Å². The fraction of sp³-hybridized carbons (Fsp3) is 0.800. The van der Waals surface area contributed by atoms with Gasteiger partial charge in [-0.1, -0.05) is 26.3 Å². The molecule has 2 heteroatoms. The van der Waals surface area contributed by atoms with Gasteiger partial charge in [-0.25, -0.2) is 0 Å². The maximum Gasteiger partial charge on any atom is 0.0275 e. The van der Waals surface area contributed by atoms with Gasteiger partial charge < -0.3 is 0 Å². The van der Waals surface area contributed by atoms with Crippen molar-refractivity contribution < 1.29 is 0 Å². The maximum absolute atomic E-state index is 5.47. The van der Waals surface area contributed by atoms with Crippen molar-refractivity contribution in [1.82, 2.24) is 5.43 Å². The van der Waals surface area contributed by atoms with Crippen LogP contribution in [0.25, 0.3) is 0 Å². The van der Waals surface area contributed by atoms with E-state index in [2.05, 4.69) is 32.8 Å². The molecule has 0 bridgehead atoms. The van der Waals surface area contributed by atoms with E-state index in [9.17, 15) is 0 Å². The van der Waals surface area contributed by atoms with Crippen molar-refractivity contribution in [2.75, 3.05) is 0 Å². The first-order valence-corrected chi connectivity index (χ1v) is 4.59. The Labute approximate surface area is 76.2 Å². The van der Waals surface area contributed by atoms with E-state index in [1.807, 2.05) is 6.92 Å². The summed E-state index contributed by atoms with van der Waals surface area (Å²) in [5, 5.41) is 0. The van der Waals surface area contributed by atoms with Crippen molar-refractivity contribution >= 4 is 0 Å². The highest BCUT2D eigenvalue weighted by Crippen LogP contribution is 2.18. The Morgan fingerprint density at radius 2 is 1.92 bits per heavy atom. The van der Waals surface area contributed by atoms with Gasteiger partial charge in [-0.05, 0) is 25.2 Å². The number of hydrogen-bond donors (Lipinski definition) is 2. The highest BCUT2D eigenvalue weighted by atomic mass is 15.2. The summed E-state index contributed by atoms with van der Waals surface area (Å²) in [4.78, 5) is 0. The van der Waals surface area contributed by atoms with Crippen LogP contribution >= 0.6 is 0 Å². The standard InChI is InChI=1S/C10H22N2/c1-7(2)6-10(12-11)9(5)8(3)4/h8-10,12H,1,6,11H2,2-5H3. The number of nitrogens with one attached hydrogen (secondary N) is 1. The van der Waals surface area contributed by atoms with Gasteiger partial charge in [0.05, 0.1) is 0 Å². The number of rotatable bonds is 5. The third-order valence-electron chi connectivity index (χ3n) is 2.47. The van der Waals surface area contributed by atoms with Gasteiger partial charge >= 0.3 is 0 Å². The maximum atomic E-state index is 5.47. The molecule has 2 nitrogen and oxygen atoms in total. The second-order valence-corrected chi connectivity index (χ2v) is 4.04. The molecule has 0 saturated carbocycles. The fourth-order valence-corrected chi connectivity index (χ4v) is 1.24. The topological polar surface area (TPSA) is 38.0 Å². The van der Waals surface area contributed by atoms with Crippen molar-refractivity contribution in [2.45, 2.75) is 40.2 Å². The first-order valence-electron chi connectivity index (χ1n) is 4.59. The van der Waals surface area contributed by atoms with Crippen LogP contribution in [0.2, 0.25) is 0 Å². The largest absolute Gasteiger partial charge is 0.271 e. The SMILES string of the molecule is C=C(C)CC(NN)C(C)C(C)C. The van der Waals surface area contributed by atoms with Gasteiger partial charge in [0.15, 0.2) is 0 Å². The smallest absolute Gasteiger partial charge is 0.0275 e. The molecule has 0 fully saturated rings. The van der Waals surface area contributed by atoms with E-state index in [0.717, 1.165) is 6.42 Å². The molecular weight excluding hydrogens is 148 g/mol. The average Bonchev–Trinajstić information content (AvgIpc) is 1.98. The summed E-state index contributed by atoms with van der Waals surface area (Å²) in [6.07, 6.45) is 0.968. The van der Waals surface area contributed by atoms with Gasteiger partial charge in [-0.3, -0.25) is 11.3 Å². The average molecular weight is 170 g/mol. The van der Waals surface area contributed by atoms with Crippen molar-refractivity contribution in [2.24, 2.45) is 17.7 Å². The predicted molar refractivity (Wildman–Crippen MR) is 54.5 cm³/mol. The Hall–Kier alpha value is -0.340. The van der Waals surface area contributed by atoms with Crippen molar-refractivity contribution in [3.63, 3.8) is 0 Å². The van der Waals surface area contributed by atoms with Crippen molar-refractivity contribution in [3.8, 4) is 0 Å². The van der Waals surface area contributed by atoms with Gasteiger partial charge in [0.25, 0.3) is 0 Å². The minimum Gasteiger partial charge on any atom is -0.271 e. The zero-order valence-corrected chi connectivity index (χ0v) is 8.72. The molecule has 0 radical (unpaired) electrons. The monoisotopic (exact) mass is 170 g/mol. The van der Waals surface area contributed by atoms with E-state index in [1.165, 1.54) is 5.57 Å². The van der Waals surface area contributed by atoms with Gasteiger partial charge in [-0.15, -0.1) is 6.58 Å². The second-order valence-electron chi connectivity index (χ2n) is 4.04. The van der Waals surface area contributed by atoms with E-state index >= 15 is 0 Å². The number of hydrazine groups is 1. The zero-order chi connectivity index (χ0) is 9.72. The van der Waals surface area contributed by atoms with Crippen LogP contribution < -0.4 is 11.3 Å². The summed E-state index contributed by atoms with van der Waals surface area (Å²) in [6.45, 7) is 12.6. The number of hydrogen-bond acceptors (Lipinski definition) is 2. The molecular formula is C10H22N2. The van der Waals surface area contributed by atoms with E-state index < -0.39 is 0 Å². The van der Waals surface area contributed by atoms with Crippen LogP contribution in [0.3, 0.4) is 0 Å². The normalized spacial score (nSPS) is 16.2. The third kappa shape index (κ3) is 3.88. The van der Waals surface area contributed by atoms with Crippen LogP contribution in [-0.2, 0) is 0 Å². The summed E-state index contributed by atoms with van der Waals surface area (Å²) >= 11 is 0. The van der Waals surface area contributed by atoms with E-state index in [-0.39, 0.29) is 0 Å². The lowest BCUT2D eigenvalue weighted by atomic mass is 9.87. The number of nitrogens with two attached hydrogens (primary N) is 1. The molecule has 0 rings (SSSR count). The minimum atomic E-state index is 0.363. The molecule has 0 spiro atoms. The minimum absolute atomic E-state index is 0.363. The molecule has 0 aromatic rings. The molecule has 0 aromatic heterocycles. The summed E-state index contributed by atoms with van der Waals surface area (Å²) in [7, 11) is 0. The Morgan fingerprint density at radius 1 is 1.42 bits per heavy atom. The van der Waals surface area contributed by atoms with E-state index in [1.54, 1.807) is 0 Å². The van der Waals surface area contributed by atoms with Gasteiger partial charge in [-0.2, -0.15) is 0 Å². The Balaban J connectivity index is 4.04. The summed E-state index contributed by atoms with van der Waals surface area (Å²) in [5.74, 6) is 6.72. The molecule has 0 aliphatic carbocycles. The van der Waals surface area contributed by atoms with Crippen LogP contribution in [0.5, 0.6) is 0 Å². The molecule has 3 N–H and O–H groups in total. The van der Waals surface area contributed by atoms with Crippen LogP contribution in [0.4, 0.5) is 0 Å². The first kappa shape index (κ1) is 11.7. The summed E-state index contributed by atoms with van der Waals surface area (Å²) in [6, 6.07) is 0.363. The van der Waals surface area contributed by atoms with Crippen LogP contribution in [0, 0.1) is 11.8 Å². The molecule has 12 heavy (non-hydrogen) atoms. The molecule has 2 unspecified atom stereocenters. The van der Waals surface area contributed by atoms with Crippen molar-refractivity contribution in [3.05, 3.63) is 12.2 Å². The lowest BCUT2D eigenvalue weighted by molar-refractivity contribution is 0.299. The predicted octanol–water partition coefficient (Wildman–Crippen LogP) is 2.08. The summed E-state index contributed by atoms with van der Waals surface area (Å²) < 4.78 is 0. The molecule has 0 aliphatic heterocycles. The third-order valence-corrected chi connectivity index (χ3v) is 2.47. The van der Waals surface area contributed by atoms with Crippen LogP contribution in [0.1, 0.15) is 34.1 Å². The van der Waals surface area contributed by atoms with Gasteiger partial charge in [0.2, 0.25) is 0 Å². The molecule has 0 heterocycles.